The lowest BCUT2D eigenvalue weighted by Crippen LogP contribution is -2.49. The van der Waals surface area contributed by atoms with E-state index in [4.69, 9.17) is 0 Å². The van der Waals surface area contributed by atoms with Gasteiger partial charge in [0.15, 0.2) is 0 Å². The van der Waals surface area contributed by atoms with Gasteiger partial charge in [-0.1, -0.05) is 42.5 Å². The second-order valence-electron chi connectivity index (χ2n) is 6.87. The van der Waals surface area contributed by atoms with Crippen molar-refractivity contribution in [3.05, 3.63) is 76.2 Å². The first kappa shape index (κ1) is 18.6. The third-order valence-corrected chi connectivity index (χ3v) is 4.97. The van der Waals surface area contributed by atoms with E-state index < -0.39 is 11.4 Å². The van der Waals surface area contributed by atoms with Gasteiger partial charge in [0, 0.05) is 25.4 Å². The molecule has 1 saturated heterocycles. The number of likely N-dealkylation sites (tertiary alicyclic amines) is 1. The molecule has 3 rings (SSSR count). The standard InChI is InChI=1S/C21H22N2O4/c24-18-10-9-17(14-22-18)19(25)23-13-5-12-21(15-23,20(26)27)11-4-8-16-6-2-1-3-7-16/h1-4,6-10,14H,5,11-13,15H2,(H,22,24)(H,26,27)/b8-4+/t21-/m1/s1. The molecule has 0 spiro atoms. The van der Waals surface area contributed by atoms with E-state index in [-0.39, 0.29) is 18.0 Å². The highest BCUT2D eigenvalue weighted by molar-refractivity contribution is 5.94. The molecule has 1 fully saturated rings. The van der Waals surface area contributed by atoms with Crippen LogP contribution in [0.25, 0.3) is 6.08 Å². The molecule has 0 saturated carbocycles. The minimum Gasteiger partial charge on any atom is -0.481 e. The Kier molecular flexibility index (Phi) is 5.54. The van der Waals surface area contributed by atoms with Crippen LogP contribution < -0.4 is 5.56 Å². The van der Waals surface area contributed by atoms with Crippen LogP contribution in [0.5, 0.6) is 0 Å². The number of carboxylic acid groups (broad SMARTS) is 1. The van der Waals surface area contributed by atoms with Gasteiger partial charge in [0.25, 0.3) is 5.91 Å². The summed E-state index contributed by atoms with van der Waals surface area (Å²) in [7, 11) is 0. The van der Waals surface area contributed by atoms with Gasteiger partial charge in [-0.2, -0.15) is 0 Å². The first-order valence-electron chi connectivity index (χ1n) is 8.93. The van der Waals surface area contributed by atoms with E-state index in [2.05, 4.69) is 4.98 Å². The molecule has 1 aliphatic rings. The lowest BCUT2D eigenvalue weighted by Gasteiger charge is -2.39. The minimum atomic E-state index is -0.999. The van der Waals surface area contributed by atoms with E-state index >= 15 is 0 Å². The van der Waals surface area contributed by atoms with Crippen LogP contribution in [0.1, 0.15) is 35.2 Å². The van der Waals surface area contributed by atoms with Crippen molar-refractivity contribution >= 4 is 18.0 Å². The van der Waals surface area contributed by atoms with Gasteiger partial charge in [0.05, 0.1) is 11.0 Å². The number of allylic oxidation sites excluding steroid dienone is 1. The highest BCUT2D eigenvalue weighted by Gasteiger charge is 2.42. The monoisotopic (exact) mass is 366 g/mol. The Morgan fingerprint density at radius 2 is 1.96 bits per heavy atom. The first-order chi connectivity index (χ1) is 13.0. The van der Waals surface area contributed by atoms with Crippen molar-refractivity contribution in [3.63, 3.8) is 0 Å². The fraction of sp³-hybridized carbons (Fsp3) is 0.286. The summed E-state index contributed by atoms with van der Waals surface area (Å²) >= 11 is 0. The number of nitrogens with one attached hydrogen (secondary N) is 1. The van der Waals surface area contributed by atoms with Gasteiger partial charge in [-0.05, 0) is 30.9 Å². The Hall–Kier alpha value is -3.15. The number of benzene rings is 1. The number of hydrogen-bond donors (Lipinski definition) is 2. The predicted molar refractivity (Wildman–Crippen MR) is 102 cm³/mol. The van der Waals surface area contributed by atoms with E-state index in [1.807, 2.05) is 42.5 Å². The zero-order chi connectivity index (χ0) is 19.3. The molecule has 1 aromatic carbocycles. The molecule has 2 heterocycles. The van der Waals surface area contributed by atoms with E-state index in [0.717, 1.165) is 5.56 Å². The van der Waals surface area contributed by atoms with Crippen molar-refractivity contribution < 1.29 is 14.7 Å². The summed E-state index contributed by atoms with van der Waals surface area (Å²) in [4.78, 5) is 40.0. The fourth-order valence-electron chi connectivity index (χ4n) is 3.44. The van der Waals surface area contributed by atoms with Crippen LogP contribution in [0.15, 0.2) is 59.5 Å². The molecule has 2 N–H and O–H groups in total. The van der Waals surface area contributed by atoms with Gasteiger partial charge in [0.1, 0.15) is 0 Å². The Labute approximate surface area is 157 Å². The lowest BCUT2D eigenvalue weighted by atomic mass is 9.76. The smallest absolute Gasteiger partial charge is 0.311 e. The molecule has 6 heteroatoms. The molecular weight excluding hydrogens is 344 g/mol. The number of aromatic amines is 1. The van der Waals surface area contributed by atoms with E-state index in [1.165, 1.54) is 18.3 Å². The Morgan fingerprint density at radius 1 is 1.19 bits per heavy atom. The van der Waals surface area contributed by atoms with Gasteiger partial charge in [-0.15, -0.1) is 0 Å². The number of hydrogen-bond acceptors (Lipinski definition) is 3. The number of H-pyrrole nitrogens is 1. The number of nitrogens with zero attached hydrogens (tertiary/aromatic N) is 1. The summed E-state index contributed by atoms with van der Waals surface area (Å²) in [5.41, 5.74) is 0.0863. The quantitative estimate of drug-likeness (QED) is 0.851. The average molecular weight is 366 g/mol. The third-order valence-electron chi connectivity index (χ3n) is 4.97. The highest BCUT2D eigenvalue weighted by atomic mass is 16.4. The molecular formula is C21H22N2O4. The number of aliphatic carboxylic acids is 1. The Balaban J connectivity index is 1.76. The molecule has 1 atom stereocenters. The first-order valence-corrected chi connectivity index (χ1v) is 8.93. The van der Waals surface area contributed by atoms with Crippen LogP contribution >= 0.6 is 0 Å². The van der Waals surface area contributed by atoms with Crippen molar-refractivity contribution in [1.82, 2.24) is 9.88 Å². The van der Waals surface area contributed by atoms with E-state index in [9.17, 15) is 19.5 Å². The summed E-state index contributed by atoms with van der Waals surface area (Å²) in [6.07, 6.45) is 6.66. The SMILES string of the molecule is O=C(c1ccc(=O)[nH]c1)N1CCC[C@@](C/C=C/c2ccccc2)(C(=O)O)C1. The number of piperidine rings is 1. The summed E-state index contributed by atoms with van der Waals surface area (Å²) in [6.45, 7) is 0.662. The van der Waals surface area contributed by atoms with Gasteiger partial charge < -0.3 is 15.0 Å². The van der Waals surface area contributed by atoms with Gasteiger partial charge in [0.2, 0.25) is 5.56 Å². The predicted octanol–water partition coefficient (Wildman–Crippen LogP) is 2.79. The molecule has 140 valence electrons. The van der Waals surface area contributed by atoms with E-state index in [1.54, 1.807) is 4.90 Å². The van der Waals surface area contributed by atoms with Crippen LogP contribution in [0.2, 0.25) is 0 Å². The topological polar surface area (TPSA) is 90.5 Å². The second-order valence-corrected chi connectivity index (χ2v) is 6.87. The molecule has 1 amide bonds. The summed E-state index contributed by atoms with van der Waals surface area (Å²) in [5, 5.41) is 9.87. The molecule has 0 unspecified atom stereocenters. The molecule has 1 aliphatic heterocycles. The molecule has 0 radical (unpaired) electrons. The number of rotatable bonds is 5. The van der Waals surface area contributed by atoms with Crippen molar-refractivity contribution in [2.75, 3.05) is 13.1 Å². The Bertz CT molecular complexity index is 883. The Morgan fingerprint density at radius 3 is 2.63 bits per heavy atom. The molecule has 0 bridgehead atoms. The van der Waals surface area contributed by atoms with Crippen LogP contribution in [-0.2, 0) is 4.79 Å². The highest BCUT2D eigenvalue weighted by Crippen LogP contribution is 2.35. The zero-order valence-electron chi connectivity index (χ0n) is 14.9. The van der Waals surface area contributed by atoms with Crippen molar-refractivity contribution in [2.24, 2.45) is 5.41 Å². The van der Waals surface area contributed by atoms with Crippen molar-refractivity contribution in [1.29, 1.82) is 0 Å². The maximum absolute atomic E-state index is 12.7. The van der Waals surface area contributed by atoms with Gasteiger partial charge in [-0.25, -0.2) is 0 Å². The minimum absolute atomic E-state index is 0.152. The van der Waals surface area contributed by atoms with Crippen LogP contribution in [0.4, 0.5) is 0 Å². The summed E-state index contributed by atoms with van der Waals surface area (Å²) < 4.78 is 0. The van der Waals surface area contributed by atoms with Crippen LogP contribution in [0, 0.1) is 5.41 Å². The maximum Gasteiger partial charge on any atom is 0.311 e. The lowest BCUT2D eigenvalue weighted by molar-refractivity contribution is -0.151. The maximum atomic E-state index is 12.7. The second kappa shape index (κ2) is 8.03. The molecule has 1 aromatic heterocycles. The number of carboxylic acids is 1. The summed E-state index contributed by atoms with van der Waals surface area (Å²) in [5.74, 6) is -1.15. The van der Waals surface area contributed by atoms with Gasteiger partial charge >= 0.3 is 5.97 Å². The molecule has 2 aromatic rings. The van der Waals surface area contributed by atoms with Crippen LogP contribution in [-0.4, -0.2) is 40.0 Å². The number of carbonyl (C=O) groups is 2. The number of carbonyl (C=O) groups excluding carboxylic acids is 1. The van der Waals surface area contributed by atoms with Crippen molar-refractivity contribution in [3.8, 4) is 0 Å². The number of amides is 1. The van der Waals surface area contributed by atoms with Gasteiger partial charge in [-0.3, -0.25) is 14.4 Å². The van der Waals surface area contributed by atoms with Crippen molar-refractivity contribution in [2.45, 2.75) is 19.3 Å². The number of aromatic nitrogens is 1. The third kappa shape index (κ3) is 4.34. The summed E-state index contributed by atoms with van der Waals surface area (Å²) in [6, 6.07) is 12.5. The molecule has 6 nitrogen and oxygen atoms in total. The molecule has 27 heavy (non-hydrogen) atoms. The largest absolute Gasteiger partial charge is 0.481 e. The molecule has 0 aliphatic carbocycles. The number of pyridine rings is 1. The fourth-order valence-corrected chi connectivity index (χ4v) is 3.44. The average Bonchev–Trinajstić information content (AvgIpc) is 2.69. The zero-order valence-corrected chi connectivity index (χ0v) is 14.9. The normalized spacial score (nSPS) is 19.9. The van der Waals surface area contributed by atoms with E-state index in [0.29, 0.717) is 31.4 Å². The van der Waals surface area contributed by atoms with Crippen LogP contribution in [0.3, 0.4) is 0 Å².